The topological polar surface area (TPSA) is 60.7 Å². The Hall–Kier alpha value is -3.21. The first-order chi connectivity index (χ1) is 12.3. The highest BCUT2D eigenvalue weighted by molar-refractivity contribution is 5.82. The van der Waals surface area contributed by atoms with E-state index in [0.29, 0.717) is 17.3 Å². The molecule has 1 aromatic heterocycles. The van der Waals surface area contributed by atoms with Crippen LogP contribution in [0.2, 0.25) is 0 Å². The number of ether oxygens (including phenoxy) is 2. The van der Waals surface area contributed by atoms with E-state index in [0.717, 1.165) is 5.56 Å². The Bertz CT molecular complexity index is 845. The first kappa shape index (κ1) is 15.3. The van der Waals surface area contributed by atoms with Gasteiger partial charge in [0.05, 0.1) is 6.26 Å². The smallest absolute Gasteiger partial charge is 0.265 e. The molecule has 2 atom stereocenters. The standard InChI is InChI=1S/C20H17NO4/c22-20(18-13-24-15-9-4-5-10-16(15)25-18)21-19(17-11-6-12-23-17)14-7-2-1-3-8-14/h1-12,18-19H,13H2,(H,21,22)/t18-,19+/m0/s1. The number of hydrogen-bond acceptors (Lipinski definition) is 4. The van der Waals surface area contributed by atoms with E-state index in [9.17, 15) is 4.79 Å². The predicted molar refractivity (Wildman–Crippen MR) is 91.5 cm³/mol. The first-order valence-electron chi connectivity index (χ1n) is 8.08. The lowest BCUT2D eigenvalue weighted by atomic mass is 10.0. The lowest BCUT2D eigenvalue weighted by molar-refractivity contribution is -0.131. The molecular weight excluding hydrogens is 318 g/mol. The molecule has 5 nitrogen and oxygen atoms in total. The second kappa shape index (κ2) is 6.73. The monoisotopic (exact) mass is 335 g/mol. The summed E-state index contributed by atoms with van der Waals surface area (Å²) in [5.74, 6) is 1.64. The van der Waals surface area contributed by atoms with Gasteiger partial charge in [-0.1, -0.05) is 42.5 Å². The second-order valence-electron chi connectivity index (χ2n) is 5.73. The number of fused-ring (bicyclic) bond motifs is 1. The van der Waals surface area contributed by atoms with E-state index in [-0.39, 0.29) is 18.6 Å². The van der Waals surface area contributed by atoms with Gasteiger partial charge in [0.2, 0.25) is 6.10 Å². The third-order valence-corrected chi connectivity index (χ3v) is 4.05. The van der Waals surface area contributed by atoms with Crippen LogP contribution in [-0.4, -0.2) is 18.6 Å². The highest BCUT2D eigenvalue weighted by Crippen LogP contribution is 2.31. The number of hydrogen-bond donors (Lipinski definition) is 1. The van der Waals surface area contributed by atoms with Crippen LogP contribution >= 0.6 is 0 Å². The second-order valence-corrected chi connectivity index (χ2v) is 5.73. The number of benzene rings is 2. The summed E-state index contributed by atoms with van der Waals surface area (Å²) in [5.41, 5.74) is 0.933. The summed E-state index contributed by atoms with van der Waals surface area (Å²) >= 11 is 0. The molecule has 0 aliphatic carbocycles. The zero-order chi connectivity index (χ0) is 17.1. The summed E-state index contributed by atoms with van der Waals surface area (Å²) in [5, 5.41) is 3.00. The molecule has 0 saturated carbocycles. The van der Waals surface area contributed by atoms with Crippen LogP contribution in [0.5, 0.6) is 11.5 Å². The minimum atomic E-state index is -0.712. The largest absolute Gasteiger partial charge is 0.485 e. The van der Waals surface area contributed by atoms with Crippen molar-refractivity contribution in [2.24, 2.45) is 0 Å². The Kier molecular flexibility index (Phi) is 4.12. The van der Waals surface area contributed by atoms with Crippen LogP contribution < -0.4 is 14.8 Å². The molecule has 3 aromatic rings. The quantitative estimate of drug-likeness (QED) is 0.794. The molecule has 1 amide bonds. The zero-order valence-corrected chi connectivity index (χ0v) is 13.4. The summed E-state index contributed by atoms with van der Waals surface area (Å²) < 4.78 is 16.9. The summed E-state index contributed by atoms with van der Waals surface area (Å²) in [4.78, 5) is 12.7. The van der Waals surface area contributed by atoms with Crippen molar-refractivity contribution in [2.75, 3.05) is 6.61 Å². The van der Waals surface area contributed by atoms with Crippen LogP contribution in [0.15, 0.2) is 77.4 Å². The molecule has 2 aromatic carbocycles. The van der Waals surface area contributed by atoms with Gasteiger partial charge in [0, 0.05) is 0 Å². The molecule has 0 unspecified atom stereocenters. The van der Waals surface area contributed by atoms with E-state index in [1.54, 1.807) is 18.4 Å². The molecule has 0 bridgehead atoms. The van der Waals surface area contributed by atoms with Gasteiger partial charge in [0.25, 0.3) is 5.91 Å². The Labute approximate surface area is 145 Å². The molecule has 126 valence electrons. The van der Waals surface area contributed by atoms with E-state index < -0.39 is 6.10 Å². The van der Waals surface area contributed by atoms with Crippen molar-refractivity contribution in [1.82, 2.24) is 5.32 Å². The van der Waals surface area contributed by atoms with Gasteiger partial charge < -0.3 is 19.2 Å². The van der Waals surface area contributed by atoms with Crippen molar-refractivity contribution in [3.8, 4) is 11.5 Å². The third kappa shape index (κ3) is 3.21. The minimum absolute atomic E-state index is 0.169. The van der Waals surface area contributed by atoms with Crippen LogP contribution in [0, 0.1) is 0 Å². The molecule has 0 fully saturated rings. The number of furan rings is 1. The highest BCUT2D eigenvalue weighted by atomic mass is 16.6. The summed E-state index contributed by atoms with van der Waals surface area (Å²) in [6.45, 7) is 0.169. The fourth-order valence-corrected chi connectivity index (χ4v) is 2.80. The molecule has 0 spiro atoms. The molecular formula is C20H17NO4. The van der Waals surface area contributed by atoms with Gasteiger partial charge in [0.1, 0.15) is 18.4 Å². The maximum absolute atomic E-state index is 12.7. The summed E-state index contributed by atoms with van der Waals surface area (Å²) in [6, 6.07) is 20.2. The summed E-state index contributed by atoms with van der Waals surface area (Å²) in [6.07, 6.45) is 0.879. The lowest BCUT2D eigenvalue weighted by Crippen LogP contribution is -2.45. The Balaban J connectivity index is 1.54. The minimum Gasteiger partial charge on any atom is -0.485 e. The molecule has 25 heavy (non-hydrogen) atoms. The number of carbonyl (C=O) groups excluding carboxylic acids is 1. The average molecular weight is 335 g/mol. The number of rotatable bonds is 4. The molecule has 1 aliphatic rings. The molecule has 0 saturated heterocycles. The van der Waals surface area contributed by atoms with Gasteiger partial charge in [-0.3, -0.25) is 4.79 Å². The van der Waals surface area contributed by atoms with E-state index in [4.69, 9.17) is 13.9 Å². The normalized spacial score (nSPS) is 16.9. The highest BCUT2D eigenvalue weighted by Gasteiger charge is 2.30. The van der Waals surface area contributed by atoms with E-state index in [2.05, 4.69) is 5.32 Å². The van der Waals surface area contributed by atoms with Gasteiger partial charge >= 0.3 is 0 Å². The number of carbonyl (C=O) groups is 1. The zero-order valence-electron chi connectivity index (χ0n) is 13.4. The fourth-order valence-electron chi connectivity index (χ4n) is 2.80. The van der Waals surface area contributed by atoms with Gasteiger partial charge in [-0.2, -0.15) is 0 Å². The van der Waals surface area contributed by atoms with E-state index >= 15 is 0 Å². The Morgan fingerprint density at radius 2 is 1.72 bits per heavy atom. The number of amides is 1. The van der Waals surface area contributed by atoms with Crippen LogP contribution in [0.3, 0.4) is 0 Å². The molecule has 0 radical (unpaired) electrons. The van der Waals surface area contributed by atoms with Crippen LogP contribution in [0.1, 0.15) is 17.4 Å². The Morgan fingerprint density at radius 1 is 0.960 bits per heavy atom. The molecule has 2 heterocycles. The van der Waals surface area contributed by atoms with Crippen LogP contribution in [-0.2, 0) is 4.79 Å². The molecule has 1 N–H and O–H groups in total. The first-order valence-corrected chi connectivity index (χ1v) is 8.08. The van der Waals surface area contributed by atoms with Crippen LogP contribution in [0.25, 0.3) is 0 Å². The number of para-hydroxylation sites is 2. The van der Waals surface area contributed by atoms with Crippen molar-refractivity contribution in [1.29, 1.82) is 0 Å². The van der Waals surface area contributed by atoms with E-state index in [1.165, 1.54) is 0 Å². The number of nitrogens with one attached hydrogen (secondary N) is 1. The van der Waals surface area contributed by atoms with Gasteiger partial charge in [0.15, 0.2) is 11.5 Å². The van der Waals surface area contributed by atoms with Gasteiger partial charge in [-0.15, -0.1) is 0 Å². The van der Waals surface area contributed by atoms with Crippen molar-refractivity contribution in [3.63, 3.8) is 0 Å². The maximum Gasteiger partial charge on any atom is 0.265 e. The fraction of sp³-hybridized carbons (Fsp3) is 0.150. The predicted octanol–water partition coefficient (Wildman–Crippen LogP) is 3.33. The van der Waals surface area contributed by atoms with Crippen LogP contribution in [0.4, 0.5) is 0 Å². The van der Waals surface area contributed by atoms with Gasteiger partial charge in [-0.25, -0.2) is 0 Å². The Morgan fingerprint density at radius 3 is 2.48 bits per heavy atom. The van der Waals surface area contributed by atoms with Gasteiger partial charge in [-0.05, 0) is 29.8 Å². The maximum atomic E-state index is 12.7. The average Bonchev–Trinajstić information content (AvgIpc) is 3.20. The third-order valence-electron chi connectivity index (χ3n) is 4.05. The molecule has 4 rings (SSSR count). The SMILES string of the molecule is O=C(N[C@H](c1ccccc1)c1ccco1)[C@@H]1COc2ccccc2O1. The van der Waals surface area contributed by atoms with Crippen molar-refractivity contribution in [2.45, 2.75) is 12.1 Å². The molecule has 5 heteroatoms. The van der Waals surface area contributed by atoms with Crippen molar-refractivity contribution < 1.29 is 18.7 Å². The van der Waals surface area contributed by atoms with Crippen molar-refractivity contribution in [3.05, 3.63) is 84.3 Å². The summed E-state index contributed by atoms with van der Waals surface area (Å²) in [7, 11) is 0. The van der Waals surface area contributed by atoms with E-state index in [1.807, 2.05) is 54.6 Å². The lowest BCUT2D eigenvalue weighted by Gasteiger charge is -2.27. The van der Waals surface area contributed by atoms with Crippen molar-refractivity contribution >= 4 is 5.91 Å². The molecule has 1 aliphatic heterocycles.